The van der Waals surface area contributed by atoms with E-state index in [1.165, 1.54) is 0 Å². The van der Waals surface area contributed by atoms with Gasteiger partial charge in [-0.05, 0) is 12.1 Å². The number of hydrogen-bond donors (Lipinski definition) is 1. The maximum absolute atomic E-state index is 12.1. The first kappa shape index (κ1) is 14.2. The molecule has 1 atom stereocenters. The summed E-state index contributed by atoms with van der Waals surface area (Å²) in [6.07, 6.45) is -0.528. The Labute approximate surface area is 124 Å². The summed E-state index contributed by atoms with van der Waals surface area (Å²) in [6, 6.07) is 10.2. The van der Waals surface area contributed by atoms with Crippen LogP contribution in [0.4, 0.5) is 10.5 Å². The number of anilines is 1. The molecule has 2 saturated heterocycles. The number of nitrogens with one attached hydrogen (secondary N) is 1. The standard InChI is InChI=1S/C15H21N3O3/c19-15(17-8-10-20-11-9-17)21-14-12-18(7-6-16-14)13-4-2-1-3-5-13/h1-5,14,16H,6-12H2/t14-/m0/s1. The summed E-state index contributed by atoms with van der Waals surface area (Å²) >= 11 is 0. The Morgan fingerprint density at radius 1 is 1.19 bits per heavy atom. The first-order valence-electron chi connectivity index (χ1n) is 7.39. The molecule has 1 aromatic carbocycles. The molecule has 0 aromatic heterocycles. The average molecular weight is 291 g/mol. The molecule has 21 heavy (non-hydrogen) atoms. The lowest BCUT2D eigenvalue weighted by Crippen LogP contribution is -2.54. The Morgan fingerprint density at radius 2 is 1.95 bits per heavy atom. The molecule has 1 amide bonds. The number of carbonyl (C=O) groups is 1. The summed E-state index contributed by atoms with van der Waals surface area (Å²) in [5.41, 5.74) is 1.16. The number of benzene rings is 1. The first-order valence-corrected chi connectivity index (χ1v) is 7.39. The van der Waals surface area contributed by atoms with Crippen molar-refractivity contribution in [3.63, 3.8) is 0 Å². The van der Waals surface area contributed by atoms with E-state index in [1.54, 1.807) is 4.90 Å². The highest BCUT2D eigenvalue weighted by Crippen LogP contribution is 2.15. The summed E-state index contributed by atoms with van der Waals surface area (Å²) in [4.78, 5) is 16.0. The Balaban J connectivity index is 1.55. The molecule has 0 saturated carbocycles. The van der Waals surface area contributed by atoms with Crippen LogP contribution in [0.2, 0.25) is 0 Å². The second kappa shape index (κ2) is 6.78. The third-order valence-electron chi connectivity index (χ3n) is 3.77. The Hall–Kier alpha value is -1.79. The zero-order valence-electron chi connectivity index (χ0n) is 12.0. The van der Waals surface area contributed by atoms with Gasteiger partial charge in [-0.2, -0.15) is 0 Å². The molecule has 0 unspecified atom stereocenters. The number of hydrogen-bond acceptors (Lipinski definition) is 5. The Kier molecular flexibility index (Phi) is 4.57. The summed E-state index contributed by atoms with van der Waals surface area (Å²) in [5.74, 6) is 0. The lowest BCUT2D eigenvalue weighted by atomic mass is 10.2. The number of para-hydroxylation sites is 1. The van der Waals surface area contributed by atoms with Crippen LogP contribution in [0.1, 0.15) is 0 Å². The van der Waals surface area contributed by atoms with Crippen molar-refractivity contribution < 1.29 is 14.3 Å². The van der Waals surface area contributed by atoms with Crippen molar-refractivity contribution in [2.24, 2.45) is 0 Å². The van der Waals surface area contributed by atoms with E-state index in [9.17, 15) is 4.79 Å². The van der Waals surface area contributed by atoms with E-state index in [0.717, 1.165) is 18.8 Å². The van der Waals surface area contributed by atoms with Gasteiger partial charge in [0.1, 0.15) is 0 Å². The predicted molar refractivity (Wildman–Crippen MR) is 79.3 cm³/mol. The fourth-order valence-corrected chi connectivity index (χ4v) is 2.61. The minimum atomic E-state index is -0.269. The van der Waals surface area contributed by atoms with Gasteiger partial charge in [-0.1, -0.05) is 18.2 Å². The molecule has 0 spiro atoms. The van der Waals surface area contributed by atoms with Crippen LogP contribution in [0, 0.1) is 0 Å². The fraction of sp³-hybridized carbons (Fsp3) is 0.533. The first-order chi connectivity index (χ1) is 10.3. The topological polar surface area (TPSA) is 54.0 Å². The maximum Gasteiger partial charge on any atom is 0.411 e. The van der Waals surface area contributed by atoms with Gasteiger partial charge < -0.3 is 19.3 Å². The smallest absolute Gasteiger partial charge is 0.411 e. The van der Waals surface area contributed by atoms with Crippen molar-refractivity contribution >= 4 is 11.8 Å². The SMILES string of the molecule is O=C(O[C@H]1CN(c2ccccc2)CCN1)N1CCOCC1. The van der Waals surface area contributed by atoms with Crippen molar-refractivity contribution in [1.29, 1.82) is 0 Å². The molecule has 2 aliphatic heterocycles. The molecule has 114 valence electrons. The molecule has 6 heteroatoms. The second-order valence-corrected chi connectivity index (χ2v) is 5.21. The highest BCUT2D eigenvalue weighted by Gasteiger charge is 2.26. The quantitative estimate of drug-likeness (QED) is 0.877. The molecular weight excluding hydrogens is 270 g/mol. The largest absolute Gasteiger partial charge is 0.428 e. The van der Waals surface area contributed by atoms with Crippen LogP contribution in [-0.2, 0) is 9.47 Å². The third kappa shape index (κ3) is 3.65. The van der Waals surface area contributed by atoms with Crippen LogP contribution in [0.5, 0.6) is 0 Å². The molecule has 1 aromatic rings. The minimum absolute atomic E-state index is 0.259. The number of amides is 1. The molecule has 2 fully saturated rings. The Bertz CT molecular complexity index is 462. The van der Waals surface area contributed by atoms with E-state index in [0.29, 0.717) is 32.8 Å². The number of nitrogens with zero attached hydrogens (tertiary/aromatic N) is 2. The van der Waals surface area contributed by atoms with E-state index in [-0.39, 0.29) is 12.3 Å². The molecule has 2 aliphatic rings. The number of ether oxygens (including phenoxy) is 2. The van der Waals surface area contributed by atoms with E-state index < -0.39 is 0 Å². The van der Waals surface area contributed by atoms with Gasteiger partial charge in [0.15, 0.2) is 6.23 Å². The van der Waals surface area contributed by atoms with Gasteiger partial charge in [-0.25, -0.2) is 4.79 Å². The normalized spacial score (nSPS) is 23.0. The van der Waals surface area contributed by atoms with Crippen molar-refractivity contribution in [2.45, 2.75) is 6.23 Å². The molecule has 6 nitrogen and oxygen atoms in total. The maximum atomic E-state index is 12.1. The Morgan fingerprint density at radius 3 is 2.71 bits per heavy atom. The van der Waals surface area contributed by atoms with Crippen LogP contribution in [0.15, 0.2) is 30.3 Å². The zero-order valence-corrected chi connectivity index (χ0v) is 12.0. The van der Waals surface area contributed by atoms with Gasteiger partial charge in [0, 0.05) is 31.9 Å². The van der Waals surface area contributed by atoms with Crippen molar-refractivity contribution in [2.75, 3.05) is 50.8 Å². The predicted octanol–water partition coefficient (Wildman–Crippen LogP) is 0.891. The highest BCUT2D eigenvalue weighted by molar-refractivity contribution is 5.68. The highest BCUT2D eigenvalue weighted by atomic mass is 16.6. The van der Waals surface area contributed by atoms with Gasteiger partial charge in [-0.3, -0.25) is 5.32 Å². The molecule has 2 heterocycles. The van der Waals surface area contributed by atoms with Gasteiger partial charge in [0.05, 0.1) is 19.8 Å². The van der Waals surface area contributed by atoms with Gasteiger partial charge in [0.2, 0.25) is 0 Å². The summed E-state index contributed by atoms with van der Waals surface area (Å²) in [7, 11) is 0. The zero-order chi connectivity index (χ0) is 14.5. The molecule has 3 rings (SSSR count). The van der Waals surface area contributed by atoms with Crippen LogP contribution < -0.4 is 10.2 Å². The van der Waals surface area contributed by atoms with Gasteiger partial charge in [0.25, 0.3) is 0 Å². The number of piperazine rings is 1. The van der Waals surface area contributed by atoms with E-state index in [2.05, 4.69) is 22.3 Å². The van der Waals surface area contributed by atoms with Gasteiger partial charge >= 0.3 is 6.09 Å². The summed E-state index contributed by atoms with van der Waals surface area (Å²) in [5, 5.41) is 3.25. The van der Waals surface area contributed by atoms with Crippen molar-refractivity contribution in [3.8, 4) is 0 Å². The van der Waals surface area contributed by atoms with E-state index in [4.69, 9.17) is 9.47 Å². The minimum Gasteiger partial charge on any atom is -0.428 e. The summed E-state index contributed by atoms with van der Waals surface area (Å²) < 4.78 is 10.8. The van der Waals surface area contributed by atoms with Crippen LogP contribution >= 0.6 is 0 Å². The monoisotopic (exact) mass is 291 g/mol. The van der Waals surface area contributed by atoms with Crippen LogP contribution in [0.3, 0.4) is 0 Å². The average Bonchev–Trinajstić information content (AvgIpc) is 2.57. The van der Waals surface area contributed by atoms with Crippen molar-refractivity contribution in [3.05, 3.63) is 30.3 Å². The molecule has 0 aliphatic carbocycles. The lowest BCUT2D eigenvalue weighted by Gasteiger charge is -2.36. The van der Waals surface area contributed by atoms with E-state index >= 15 is 0 Å². The summed E-state index contributed by atoms with van der Waals surface area (Å²) in [6.45, 7) is 4.76. The van der Waals surface area contributed by atoms with Crippen molar-refractivity contribution in [1.82, 2.24) is 10.2 Å². The number of carbonyl (C=O) groups excluding carboxylic acids is 1. The van der Waals surface area contributed by atoms with Crippen LogP contribution in [0.25, 0.3) is 0 Å². The lowest BCUT2D eigenvalue weighted by molar-refractivity contribution is 0.00534. The van der Waals surface area contributed by atoms with E-state index in [1.807, 2.05) is 18.2 Å². The second-order valence-electron chi connectivity index (χ2n) is 5.21. The number of rotatable bonds is 2. The molecular formula is C15H21N3O3. The molecule has 1 N–H and O–H groups in total. The molecule has 0 bridgehead atoms. The fourth-order valence-electron chi connectivity index (χ4n) is 2.61. The number of morpholine rings is 1. The third-order valence-corrected chi connectivity index (χ3v) is 3.77. The van der Waals surface area contributed by atoms with Crippen LogP contribution in [-0.4, -0.2) is 63.2 Å². The van der Waals surface area contributed by atoms with Gasteiger partial charge in [-0.15, -0.1) is 0 Å². The molecule has 0 radical (unpaired) electrons.